The van der Waals surface area contributed by atoms with Gasteiger partial charge in [0.2, 0.25) is 0 Å². The lowest BCUT2D eigenvalue weighted by molar-refractivity contribution is 0.0897. The highest BCUT2D eigenvalue weighted by molar-refractivity contribution is 5.97. The Hall–Kier alpha value is -2.47. The number of nitrogens with one attached hydrogen (secondary N) is 1. The van der Waals surface area contributed by atoms with Crippen LogP contribution in [0.4, 0.5) is 0 Å². The molecule has 1 amide bonds. The molecular weight excluding hydrogens is 392 g/mol. The van der Waals surface area contributed by atoms with Gasteiger partial charge in [0.25, 0.3) is 5.91 Å². The lowest BCUT2D eigenvalue weighted by Gasteiger charge is -2.33. The van der Waals surface area contributed by atoms with Crippen molar-refractivity contribution in [2.24, 2.45) is 0 Å². The summed E-state index contributed by atoms with van der Waals surface area (Å²) < 4.78 is 17.4. The second-order valence-corrected chi connectivity index (χ2v) is 8.91. The van der Waals surface area contributed by atoms with Gasteiger partial charge in [-0.3, -0.25) is 4.79 Å². The van der Waals surface area contributed by atoms with Gasteiger partial charge < -0.3 is 24.1 Å². The molecule has 31 heavy (non-hydrogen) atoms. The minimum absolute atomic E-state index is 0.0558. The Balaban J connectivity index is 1.29. The van der Waals surface area contributed by atoms with Gasteiger partial charge in [0, 0.05) is 31.1 Å². The molecule has 1 N–H and O–H groups in total. The maximum atomic E-state index is 12.6. The number of ether oxygens (including phenoxy) is 2. The van der Waals surface area contributed by atoms with Crippen molar-refractivity contribution in [3.05, 3.63) is 47.4 Å². The van der Waals surface area contributed by atoms with Crippen LogP contribution in [0.1, 0.15) is 66.8 Å². The van der Waals surface area contributed by atoms with Crippen molar-refractivity contribution in [2.45, 2.75) is 64.0 Å². The Morgan fingerprint density at radius 1 is 1.19 bits per heavy atom. The van der Waals surface area contributed by atoms with Gasteiger partial charge in [-0.15, -0.1) is 0 Å². The van der Waals surface area contributed by atoms with E-state index in [0.717, 1.165) is 63.3 Å². The molecule has 2 aromatic rings. The highest BCUT2D eigenvalue weighted by atomic mass is 16.5. The first-order valence-corrected chi connectivity index (χ1v) is 11.5. The number of hydrogen-bond acceptors (Lipinski definition) is 5. The van der Waals surface area contributed by atoms with Crippen LogP contribution in [-0.4, -0.2) is 49.7 Å². The van der Waals surface area contributed by atoms with Gasteiger partial charge in [-0.25, -0.2) is 0 Å². The first kappa shape index (κ1) is 21.8. The summed E-state index contributed by atoms with van der Waals surface area (Å²) in [4.78, 5) is 15.1. The first-order chi connectivity index (χ1) is 15.0. The molecule has 6 heteroatoms. The summed E-state index contributed by atoms with van der Waals surface area (Å²) in [6, 6.07) is 9.90. The number of carbonyl (C=O) groups is 1. The van der Waals surface area contributed by atoms with E-state index in [-0.39, 0.29) is 12.0 Å². The number of piperidine rings is 1. The normalized spacial score (nSPS) is 18.5. The molecule has 4 rings (SSSR count). The van der Waals surface area contributed by atoms with Gasteiger partial charge in [-0.05, 0) is 69.8 Å². The summed E-state index contributed by atoms with van der Waals surface area (Å²) in [6.07, 6.45) is 5.23. The summed E-state index contributed by atoms with van der Waals surface area (Å²) in [5.74, 6) is 3.75. The molecule has 1 aliphatic heterocycles. The summed E-state index contributed by atoms with van der Waals surface area (Å²) >= 11 is 0. The Bertz CT molecular complexity index is 881. The average Bonchev–Trinajstić information content (AvgIpc) is 3.49. The van der Waals surface area contributed by atoms with Crippen molar-refractivity contribution < 1.29 is 18.7 Å². The Kier molecular flexibility index (Phi) is 6.86. The van der Waals surface area contributed by atoms with Crippen LogP contribution in [0.25, 0.3) is 0 Å². The molecule has 1 saturated heterocycles. The SMILES string of the molecule is COc1ccc(C(=O)NC2CC2)c(OC2CCN(CC[C@H](C)c3ccc(C)o3)CC2)c1. The summed E-state index contributed by atoms with van der Waals surface area (Å²) in [6.45, 7) is 7.28. The third kappa shape index (κ3) is 5.82. The fraction of sp³-hybridized carbons (Fsp3) is 0.560. The lowest BCUT2D eigenvalue weighted by Crippen LogP contribution is -2.39. The Morgan fingerprint density at radius 2 is 1.97 bits per heavy atom. The number of likely N-dealkylation sites (tertiary alicyclic amines) is 1. The number of aryl methyl sites for hydroxylation is 1. The molecule has 0 radical (unpaired) electrons. The van der Waals surface area contributed by atoms with E-state index in [0.29, 0.717) is 29.0 Å². The number of benzene rings is 1. The number of amides is 1. The maximum Gasteiger partial charge on any atom is 0.255 e. The molecule has 6 nitrogen and oxygen atoms in total. The summed E-state index contributed by atoms with van der Waals surface area (Å²) in [5, 5.41) is 3.06. The Labute approximate surface area is 184 Å². The van der Waals surface area contributed by atoms with Crippen molar-refractivity contribution in [3.8, 4) is 11.5 Å². The van der Waals surface area contributed by atoms with Gasteiger partial charge in [-0.2, -0.15) is 0 Å². The van der Waals surface area contributed by atoms with Crippen LogP contribution in [-0.2, 0) is 0 Å². The number of furan rings is 1. The second kappa shape index (κ2) is 9.77. The maximum absolute atomic E-state index is 12.6. The van der Waals surface area contributed by atoms with Crippen molar-refractivity contribution in [1.29, 1.82) is 0 Å². The van der Waals surface area contributed by atoms with Gasteiger partial charge in [-0.1, -0.05) is 6.92 Å². The molecule has 1 atom stereocenters. The predicted octanol–water partition coefficient (Wildman–Crippen LogP) is 4.53. The van der Waals surface area contributed by atoms with Crippen molar-refractivity contribution in [2.75, 3.05) is 26.7 Å². The Morgan fingerprint density at radius 3 is 2.61 bits per heavy atom. The van der Waals surface area contributed by atoms with Crippen LogP contribution in [0.5, 0.6) is 11.5 Å². The third-order valence-corrected chi connectivity index (χ3v) is 6.30. The molecule has 2 aliphatic rings. The second-order valence-electron chi connectivity index (χ2n) is 8.91. The lowest BCUT2D eigenvalue weighted by atomic mass is 10.0. The van der Waals surface area contributed by atoms with Gasteiger partial charge in [0.05, 0.1) is 12.7 Å². The van der Waals surface area contributed by atoms with Crippen molar-refractivity contribution in [1.82, 2.24) is 10.2 Å². The molecule has 2 heterocycles. The van der Waals surface area contributed by atoms with Crippen molar-refractivity contribution in [3.63, 3.8) is 0 Å². The smallest absolute Gasteiger partial charge is 0.255 e. The van der Waals surface area contributed by atoms with Gasteiger partial charge in [0.15, 0.2) is 0 Å². The number of methoxy groups -OCH3 is 1. The van der Waals surface area contributed by atoms with E-state index in [1.165, 1.54) is 0 Å². The monoisotopic (exact) mass is 426 g/mol. The number of rotatable bonds is 9. The molecule has 1 aliphatic carbocycles. The van der Waals surface area contributed by atoms with E-state index in [2.05, 4.69) is 23.2 Å². The van der Waals surface area contributed by atoms with E-state index >= 15 is 0 Å². The minimum atomic E-state index is -0.0558. The van der Waals surface area contributed by atoms with Crippen LogP contribution in [0.15, 0.2) is 34.7 Å². The summed E-state index contributed by atoms with van der Waals surface area (Å²) in [7, 11) is 1.63. The predicted molar refractivity (Wildman–Crippen MR) is 120 cm³/mol. The molecular formula is C25H34N2O4. The van der Waals surface area contributed by atoms with Crippen LogP contribution in [0, 0.1) is 6.92 Å². The van der Waals surface area contributed by atoms with Crippen LogP contribution >= 0.6 is 0 Å². The number of carbonyl (C=O) groups excluding carboxylic acids is 1. The first-order valence-electron chi connectivity index (χ1n) is 11.5. The van der Waals surface area contributed by atoms with E-state index in [9.17, 15) is 4.79 Å². The van der Waals surface area contributed by atoms with Crippen LogP contribution in [0.3, 0.4) is 0 Å². The van der Waals surface area contributed by atoms with Crippen molar-refractivity contribution >= 4 is 5.91 Å². The molecule has 0 unspecified atom stereocenters. The molecule has 0 spiro atoms. The fourth-order valence-electron chi connectivity index (χ4n) is 4.07. The quantitative estimate of drug-likeness (QED) is 0.638. The average molecular weight is 427 g/mol. The highest BCUT2D eigenvalue weighted by Gasteiger charge is 2.27. The number of hydrogen-bond donors (Lipinski definition) is 1. The zero-order valence-electron chi connectivity index (χ0n) is 18.9. The van der Waals surface area contributed by atoms with E-state index in [1.807, 2.05) is 25.1 Å². The molecule has 0 bridgehead atoms. The largest absolute Gasteiger partial charge is 0.497 e. The molecule has 168 valence electrons. The fourth-order valence-corrected chi connectivity index (χ4v) is 4.07. The summed E-state index contributed by atoms with van der Waals surface area (Å²) in [5.41, 5.74) is 0.595. The standard InChI is InChI=1S/C25H34N2O4/c1-17(23-9-4-18(2)30-23)10-13-27-14-11-20(12-15-27)31-24-16-21(29-3)7-8-22(24)25(28)26-19-5-6-19/h4,7-9,16-17,19-20H,5-6,10-15H2,1-3H3,(H,26,28)/t17-/m0/s1. The van der Waals surface area contributed by atoms with Gasteiger partial charge >= 0.3 is 0 Å². The zero-order valence-corrected chi connectivity index (χ0v) is 18.9. The van der Waals surface area contributed by atoms with E-state index < -0.39 is 0 Å². The minimum Gasteiger partial charge on any atom is -0.497 e. The topological polar surface area (TPSA) is 63.9 Å². The van der Waals surface area contributed by atoms with E-state index in [1.54, 1.807) is 13.2 Å². The highest BCUT2D eigenvalue weighted by Crippen LogP contribution is 2.29. The molecule has 1 aromatic carbocycles. The van der Waals surface area contributed by atoms with Crippen LogP contribution in [0.2, 0.25) is 0 Å². The third-order valence-electron chi connectivity index (χ3n) is 6.30. The van der Waals surface area contributed by atoms with Crippen LogP contribution < -0.4 is 14.8 Å². The zero-order chi connectivity index (χ0) is 21.8. The van der Waals surface area contributed by atoms with E-state index in [4.69, 9.17) is 13.9 Å². The molecule has 1 aromatic heterocycles. The number of nitrogens with zero attached hydrogens (tertiary/aromatic N) is 1. The molecule has 1 saturated carbocycles. The molecule has 2 fully saturated rings. The van der Waals surface area contributed by atoms with Gasteiger partial charge in [0.1, 0.15) is 29.1 Å².